The van der Waals surface area contributed by atoms with Crippen molar-refractivity contribution in [1.29, 1.82) is 0 Å². The molecule has 4 rings (SSSR count). The third-order valence-electron chi connectivity index (χ3n) is 4.45. The maximum absolute atomic E-state index is 12.4. The van der Waals surface area contributed by atoms with Gasteiger partial charge in [0.2, 0.25) is 5.78 Å². The van der Waals surface area contributed by atoms with E-state index in [-0.39, 0.29) is 6.03 Å². The molecule has 0 spiro atoms. The molecule has 0 aliphatic heterocycles. The van der Waals surface area contributed by atoms with E-state index in [0.29, 0.717) is 22.2 Å². The Kier molecular flexibility index (Phi) is 4.71. The Labute approximate surface area is 167 Å². The Balaban J connectivity index is 1.56. The Morgan fingerprint density at radius 3 is 2.68 bits per heavy atom. The van der Waals surface area contributed by atoms with Crippen molar-refractivity contribution in [2.45, 2.75) is 13.8 Å². The standard InChI is InChI=1S/C21H18ClN5O/c1-13-5-7-16(11-17(13)22)24-21(28)26-18-10-15(6-4-14(18)2)19-12-27-9-3-8-23-20(27)25-19/h3-12H,1-2H3,(H2,24,26,28). The highest BCUT2D eigenvalue weighted by Crippen LogP contribution is 2.25. The summed E-state index contributed by atoms with van der Waals surface area (Å²) in [5.41, 5.74) is 4.92. The number of hydrogen-bond donors (Lipinski definition) is 2. The Hall–Kier alpha value is -3.38. The van der Waals surface area contributed by atoms with Crippen molar-refractivity contribution < 1.29 is 4.79 Å². The molecule has 2 amide bonds. The zero-order valence-electron chi connectivity index (χ0n) is 15.4. The molecule has 140 valence electrons. The molecule has 0 fully saturated rings. The minimum Gasteiger partial charge on any atom is -0.308 e. The number of nitrogens with zero attached hydrogens (tertiary/aromatic N) is 3. The van der Waals surface area contributed by atoms with E-state index >= 15 is 0 Å². The molecule has 2 aromatic heterocycles. The van der Waals surface area contributed by atoms with E-state index in [2.05, 4.69) is 20.6 Å². The first-order chi connectivity index (χ1) is 13.5. The maximum Gasteiger partial charge on any atom is 0.323 e. The van der Waals surface area contributed by atoms with Crippen molar-refractivity contribution in [2.24, 2.45) is 0 Å². The van der Waals surface area contributed by atoms with Crippen LogP contribution in [0.1, 0.15) is 11.1 Å². The predicted molar refractivity (Wildman–Crippen MR) is 112 cm³/mol. The molecule has 2 aromatic carbocycles. The van der Waals surface area contributed by atoms with Gasteiger partial charge in [0.05, 0.1) is 5.69 Å². The summed E-state index contributed by atoms with van der Waals surface area (Å²) in [6.07, 6.45) is 5.51. The van der Waals surface area contributed by atoms with Crippen molar-refractivity contribution in [3.8, 4) is 11.3 Å². The summed E-state index contributed by atoms with van der Waals surface area (Å²) in [5, 5.41) is 6.30. The maximum atomic E-state index is 12.4. The smallest absolute Gasteiger partial charge is 0.308 e. The van der Waals surface area contributed by atoms with Crippen LogP contribution in [0.25, 0.3) is 17.0 Å². The van der Waals surface area contributed by atoms with Crippen molar-refractivity contribution in [1.82, 2.24) is 14.4 Å². The van der Waals surface area contributed by atoms with E-state index in [1.54, 1.807) is 12.3 Å². The molecule has 0 saturated heterocycles. The van der Waals surface area contributed by atoms with Crippen LogP contribution in [0.4, 0.5) is 16.2 Å². The molecular formula is C21H18ClN5O. The van der Waals surface area contributed by atoms with Gasteiger partial charge in [-0.15, -0.1) is 0 Å². The number of imidazole rings is 1. The summed E-state index contributed by atoms with van der Waals surface area (Å²) in [6.45, 7) is 3.85. The van der Waals surface area contributed by atoms with Crippen molar-refractivity contribution >= 4 is 34.8 Å². The van der Waals surface area contributed by atoms with E-state index < -0.39 is 0 Å². The van der Waals surface area contributed by atoms with Crippen molar-refractivity contribution in [2.75, 3.05) is 10.6 Å². The quantitative estimate of drug-likeness (QED) is 0.497. The molecule has 0 radical (unpaired) electrons. The van der Waals surface area contributed by atoms with Gasteiger partial charge in [0.15, 0.2) is 0 Å². The van der Waals surface area contributed by atoms with Gasteiger partial charge in [-0.3, -0.25) is 4.40 Å². The van der Waals surface area contributed by atoms with Gasteiger partial charge >= 0.3 is 6.03 Å². The van der Waals surface area contributed by atoms with Gasteiger partial charge in [-0.2, -0.15) is 0 Å². The van der Waals surface area contributed by atoms with Crippen LogP contribution in [0, 0.1) is 13.8 Å². The summed E-state index contributed by atoms with van der Waals surface area (Å²) in [4.78, 5) is 21.2. The summed E-state index contributed by atoms with van der Waals surface area (Å²) in [7, 11) is 0. The van der Waals surface area contributed by atoms with Gasteiger partial charge in [-0.1, -0.05) is 29.8 Å². The van der Waals surface area contributed by atoms with E-state index in [9.17, 15) is 4.79 Å². The van der Waals surface area contributed by atoms with E-state index in [1.165, 1.54) is 0 Å². The average molecular weight is 392 g/mol. The number of aryl methyl sites for hydroxylation is 2. The molecule has 0 aliphatic rings. The number of urea groups is 1. The summed E-state index contributed by atoms with van der Waals surface area (Å²) >= 11 is 6.12. The van der Waals surface area contributed by atoms with E-state index in [4.69, 9.17) is 11.6 Å². The van der Waals surface area contributed by atoms with Crippen LogP contribution >= 0.6 is 11.6 Å². The highest BCUT2D eigenvalue weighted by molar-refractivity contribution is 6.31. The lowest BCUT2D eigenvalue weighted by Crippen LogP contribution is -2.20. The Morgan fingerprint density at radius 2 is 1.89 bits per heavy atom. The van der Waals surface area contributed by atoms with Gasteiger partial charge in [0.25, 0.3) is 0 Å². The van der Waals surface area contributed by atoms with Gasteiger partial charge in [-0.05, 0) is 49.2 Å². The summed E-state index contributed by atoms with van der Waals surface area (Å²) < 4.78 is 1.86. The predicted octanol–water partition coefficient (Wildman–Crippen LogP) is 5.31. The van der Waals surface area contributed by atoms with Crippen molar-refractivity contribution in [3.63, 3.8) is 0 Å². The molecule has 7 heteroatoms. The molecule has 6 nitrogen and oxygen atoms in total. The number of carbonyl (C=O) groups excluding carboxylic acids is 1. The third kappa shape index (κ3) is 3.68. The van der Waals surface area contributed by atoms with Crippen LogP contribution in [-0.2, 0) is 0 Å². The molecule has 0 aliphatic carbocycles. The molecule has 0 atom stereocenters. The first kappa shape index (κ1) is 18.0. The van der Waals surface area contributed by atoms with Crippen LogP contribution in [-0.4, -0.2) is 20.4 Å². The second kappa shape index (κ2) is 7.32. The first-order valence-corrected chi connectivity index (χ1v) is 9.12. The van der Waals surface area contributed by atoms with Crippen LogP contribution in [0.15, 0.2) is 61.1 Å². The Bertz CT molecular complexity index is 1150. The molecule has 0 saturated carbocycles. The average Bonchev–Trinajstić information content (AvgIpc) is 3.10. The lowest BCUT2D eigenvalue weighted by atomic mass is 10.1. The number of amides is 2. The fourth-order valence-electron chi connectivity index (χ4n) is 2.84. The lowest BCUT2D eigenvalue weighted by Gasteiger charge is -2.12. The summed E-state index contributed by atoms with van der Waals surface area (Å²) in [6, 6.07) is 12.7. The molecule has 4 aromatic rings. The SMILES string of the molecule is Cc1ccc(NC(=O)Nc2cc(-c3cn4cccnc4n3)ccc2C)cc1Cl. The number of nitrogens with one attached hydrogen (secondary N) is 2. The topological polar surface area (TPSA) is 71.3 Å². The number of rotatable bonds is 3. The first-order valence-electron chi connectivity index (χ1n) is 8.74. The summed E-state index contributed by atoms with van der Waals surface area (Å²) in [5.74, 6) is 0.626. The van der Waals surface area contributed by atoms with Crippen molar-refractivity contribution in [3.05, 3.63) is 77.2 Å². The number of fused-ring (bicyclic) bond motifs is 1. The largest absolute Gasteiger partial charge is 0.323 e. The monoisotopic (exact) mass is 391 g/mol. The molecule has 2 N–H and O–H groups in total. The number of aromatic nitrogens is 3. The van der Waals surface area contributed by atoms with Crippen LogP contribution in [0.2, 0.25) is 5.02 Å². The molecule has 0 unspecified atom stereocenters. The van der Waals surface area contributed by atoms with Crippen LogP contribution in [0.3, 0.4) is 0 Å². The van der Waals surface area contributed by atoms with E-state index in [0.717, 1.165) is 22.4 Å². The van der Waals surface area contributed by atoms with Gasteiger partial charge in [0, 0.05) is 40.6 Å². The third-order valence-corrected chi connectivity index (χ3v) is 4.85. The van der Waals surface area contributed by atoms with Crippen LogP contribution < -0.4 is 10.6 Å². The highest BCUT2D eigenvalue weighted by atomic mass is 35.5. The van der Waals surface area contributed by atoms with Gasteiger partial charge in [0.1, 0.15) is 0 Å². The normalized spacial score (nSPS) is 10.8. The van der Waals surface area contributed by atoms with Crippen LogP contribution in [0.5, 0.6) is 0 Å². The second-order valence-electron chi connectivity index (χ2n) is 6.53. The highest BCUT2D eigenvalue weighted by Gasteiger charge is 2.10. The number of benzene rings is 2. The second-order valence-corrected chi connectivity index (χ2v) is 6.93. The fourth-order valence-corrected chi connectivity index (χ4v) is 3.02. The molecule has 2 heterocycles. The van der Waals surface area contributed by atoms with E-state index in [1.807, 2.05) is 67.0 Å². The lowest BCUT2D eigenvalue weighted by molar-refractivity contribution is 0.262. The minimum atomic E-state index is -0.336. The molecule has 28 heavy (non-hydrogen) atoms. The fraction of sp³-hybridized carbons (Fsp3) is 0.0952. The molecular weight excluding hydrogens is 374 g/mol. The number of halogens is 1. The minimum absolute atomic E-state index is 0.336. The number of carbonyl (C=O) groups is 1. The number of hydrogen-bond acceptors (Lipinski definition) is 3. The number of anilines is 2. The zero-order chi connectivity index (χ0) is 19.7. The molecule has 0 bridgehead atoms. The zero-order valence-corrected chi connectivity index (χ0v) is 16.2. The van der Waals surface area contributed by atoms with Gasteiger partial charge in [-0.25, -0.2) is 14.8 Å². The Morgan fingerprint density at radius 1 is 1.07 bits per heavy atom. The van der Waals surface area contributed by atoms with Gasteiger partial charge < -0.3 is 10.6 Å².